The van der Waals surface area contributed by atoms with Gasteiger partial charge in [-0.15, -0.1) is 0 Å². The van der Waals surface area contributed by atoms with Gasteiger partial charge in [0.25, 0.3) is 0 Å². The van der Waals surface area contributed by atoms with Crippen LogP contribution in [-0.2, 0) is 18.7 Å². The Morgan fingerprint density at radius 1 is 1.31 bits per heavy atom. The number of Topliss-reactive ketones (excluding diaryl/α,β-unsaturated/α-hetero) is 1. The van der Waals surface area contributed by atoms with E-state index in [1.807, 2.05) is 0 Å². The Balaban J connectivity index is 1.74. The van der Waals surface area contributed by atoms with Gasteiger partial charge in [-0.3, -0.25) is 14.1 Å². The minimum Gasteiger partial charge on any atom is -0.390 e. The van der Waals surface area contributed by atoms with Gasteiger partial charge in [-0.05, 0) is 56.6 Å². The van der Waals surface area contributed by atoms with Crippen molar-refractivity contribution in [2.24, 2.45) is 28.6 Å². The summed E-state index contributed by atoms with van der Waals surface area (Å²) in [5.74, 6) is -2.87. The fourth-order valence-corrected chi connectivity index (χ4v) is 7.68. The van der Waals surface area contributed by atoms with Crippen LogP contribution < -0.4 is 0 Å². The molecular formula is C22H30FO8P. The van der Waals surface area contributed by atoms with Crippen molar-refractivity contribution in [2.45, 2.75) is 63.8 Å². The second kappa shape index (κ2) is 7.14. The number of ketones is 2. The summed E-state index contributed by atoms with van der Waals surface area (Å²) in [4.78, 5) is 42.8. The molecule has 178 valence electrons. The summed E-state index contributed by atoms with van der Waals surface area (Å²) in [5, 5.41) is 22.8. The average molecular weight is 472 g/mol. The molecule has 32 heavy (non-hydrogen) atoms. The molecule has 10 heteroatoms. The molecule has 8 nitrogen and oxygen atoms in total. The second-order valence-electron chi connectivity index (χ2n) is 10.4. The molecule has 0 radical (unpaired) electrons. The lowest BCUT2D eigenvalue weighted by molar-refractivity contribution is -0.219. The number of carbonyl (C=O) groups excluding carboxylic acids is 2. The predicted molar refractivity (Wildman–Crippen MR) is 111 cm³/mol. The maximum absolute atomic E-state index is 17.0. The number of halogens is 1. The van der Waals surface area contributed by atoms with Gasteiger partial charge in [0.2, 0.25) is 0 Å². The Morgan fingerprint density at radius 2 is 1.97 bits per heavy atom. The zero-order valence-electron chi connectivity index (χ0n) is 18.3. The van der Waals surface area contributed by atoms with Crippen LogP contribution in [0.15, 0.2) is 23.8 Å². The molecule has 0 aromatic rings. The van der Waals surface area contributed by atoms with Gasteiger partial charge < -0.3 is 20.0 Å². The highest BCUT2D eigenvalue weighted by molar-refractivity contribution is 7.46. The lowest BCUT2D eigenvalue weighted by Crippen LogP contribution is -2.69. The number of phosphoric ester groups is 1. The number of aliphatic hydroxyl groups excluding tert-OH is 1. The molecular weight excluding hydrogens is 442 g/mol. The highest BCUT2D eigenvalue weighted by Gasteiger charge is 2.75. The standard InChI is InChI=1S/C22H30FO8P/c1-12-8-16-15-5-4-13-9-14(24)6-7-19(13,2)21(15,23)17(25)10-20(16,3)22(12,27)18(26)11-31-32(28,29)30/h6-7,9,12,15-17,25,27H,4-5,8,10-11H2,1-3H3,(H2,28,29,30)/t12-,15-,16-,17?,19-,20-,21-,22-/m0/s1. The maximum atomic E-state index is 17.0. The summed E-state index contributed by atoms with van der Waals surface area (Å²) >= 11 is 0. The average Bonchev–Trinajstić information content (AvgIpc) is 2.89. The summed E-state index contributed by atoms with van der Waals surface area (Å²) in [6.07, 6.45) is 3.70. The number of carbonyl (C=O) groups is 2. The van der Waals surface area contributed by atoms with E-state index in [1.54, 1.807) is 20.8 Å². The van der Waals surface area contributed by atoms with Crippen LogP contribution in [0, 0.1) is 28.6 Å². The fourth-order valence-electron chi connectivity index (χ4n) is 7.39. The number of aliphatic hydroxyl groups is 2. The van der Waals surface area contributed by atoms with Crippen molar-refractivity contribution in [2.75, 3.05) is 6.61 Å². The van der Waals surface area contributed by atoms with Crippen LogP contribution in [0.2, 0.25) is 0 Å². The summed E-state index contributed by atoms with van der Waals surface area (Å²) in [6, 6.07) is 0. The molecule has 4 N–H and O–H groups in total. The lowest BCUT2D eigenvalue weighted by Gasteiger charge is -2.62. The number of alkyl halides is 1. The van der Waals surface area contributed by atoms with Crippen molar-refractivity contribution in [1.29, 1.82) is 0 Å². The SMILES string of the molecule is C[C@H]1C[C@H]2[C@@H]3CCC4=CC(=O)C=C[C@]4(C)[C@@]3(F)C(O)C[C@]2(C)[C@@]1(O)C(=O)COP(=O)(O)O. The zero-order valence-corrected chi connectivity index (χ0v) is 19.2. The van der Waals surface area contributed by atoms with Crippen molar-refractivity contribution in [3.8, 4) is 0 Å². The molecule has 0 aromatic carbocycles. The number of rotatable bonds is 4. The van der Waals surface area contributed by atoms with Crippen LogP contribution in [-0.4, -0.2) is 55.5 Å². The minimum absolute atomic E-state index is 0.211. The summed E-state index contributed by atoms with van der Waals surface area (Å²) in [7, 11) is -4.93. The molecule has 3 saturated carbocycles. The van der Waals surface area contributed by atoms with Crippen molar-refractivity contribution in [3.63, 3.8) is 0 Å². The topological polar surface area (TPSA) is 141 Å². The number of allylic oxidation sites excluding steroid dienone is 4. The van der Waals surface area contributed by atoms with E-state index < -0.39 is 66.2 Å². The van der Waals surface area contributed by atoms with E-state index >= 15 is 4.39 Å². The molecule has 0 aromatic heterocycles. The predicted octanol–water partition coefficient (Wildman–Crippen LogP) is 2.01. The minimum atomic E-state index is -4.93. The van der Waals surface area contributed by atoms with Crippen molar-refractivity contribution < 1.29 is 43.1 Å². The van der Waals surface area contributed by atoms with Crippen LogP contribution in [0.25, 0.3) is 0 Å². The number of hydrogen-bond acceptors (Lipinski definition) is 6. The van der Waals surface area contributed by atoms with Crippen LogP contribution in [0.3, 0.4) is 0 Å². The smallest absolute Gasteiger partial charge is 0.390 e. The third-order valence-electron chi connectivity index (χ3n) is 9.01. The third kappa shape index (κ3) is 2.95. The molecule has 0 saturated heterocycles. The quantitative estimate of drug-likeness (QED) is 0.456. The van der Waals surface area contributed by atoms with Gasteiger partial charge in [0, 0.05) is 16.7 Å². The molecule has 0 heterocycles. The summed E-state index contributed by atoms with van der Waals surface area (Å²) < 4.78 is 32.5. The second-order valence-corrected chi connectivity index (χ2v) is 11.6. The Bertz CT molecular complexity index is 973. The Morgan fingerprint density at radius 3 is 2.59 bits per heavy atom. The van der Waals surface area contributed by atoms with Crippen LogP contribution in [0.1, 0.15) is 46.5 Å². The molecule has 0 aliphatic heterocycles. The number of fused-ring (bicyclic) bond motifs is 5. The summed E-state index contributed by atoms with van der Waals surface area (Å²) in [5.41, 5.74) is -5.88. The van der Waals surface area contributed by atoms with E-state index in [-0.39, 0.29) is 12.2 Å². The normalized spacial score (nSPS) is 48.0. The molecule has 4 aliphatic rings. The molecule has 0 bridgehead atoms. The van der Waals surface area contributed by atoms with Crippen LogP contribution >= 0.6 is 7.82 Å². The Hall–Kier alpha value is -1.22. The van der Waals surface area contributed by atoms with Gasteiger partial charge in [0.15, 0.2) is 17.2 Å². The largest absolute Gasteiger partial charge is 0.470 e. The maximum Gasteiger partial charge on any atom is 0.470 e. The van der Waals surface area contributed by atoms with Crippen LogP contribution in [0.4, 0.5) is 4.39 Å². The van der Waals surface area contributed by atoms with E-state index in [4.69, 9.17) is 9.79 Å². The molecule has 0 spiro atoms. The Labute approximate surface area is 185 Å². The molecule has 8 atom stereocenters. The molecule has 4 rings (SSSR count). The first-order chi connectivity index (χ1) is 14.6. The van der Waals surface area contributed by atoms with E-state index in [0.717, 1.165) is 0 Å². The first-order valence-electron chi connectivity index (χ1n) is 10.9. The van der Waals surface area contributed by atoms with E-state index in [2.05, 4.69) is 4.52 Å². The van der Waals surface area contributed by atoms with E-state index in [0.29, 0.717) is 24.8 Å². The number of phosphoric acid groups is 1. The van der Waals surface area contributed by atoms with Gasteiger partial charge in [-0.2, -0.15) is 0 Å². The van der Waals surface area contributed by atoms with Gasteiger partial charge in [0.1, 0.15) is 12.2 Å². The van der Waals surface area contributed by atoms with Gasteiger partial charge >= 0.3 is 7.82 Å². The summed E-state index contributed by atoms with van der Waals surface area (Å²) in [6.45, 7) is 4.00. The van der Waals surface area contributed by atoms with Crippen molar-refractivity contribution >= 4 is 19.4 Å². The molecule has 3 fully saturated rings. The highest BCUT2D eigenvalue weighted by atomic mass is 31.2. The van der Waals surface area contributed by atoms with E-state index in [1.165, 1.54) is 18.2 Å². The molecule has 0 amide bonds. The van der Waals surface area contributed by atoms with Gasteiger partial charge in [-0.25, -0.2) is 8.96 Å². The third-order valence-corrected chi connectivity index (χ3v) is 9.48. The highest BCUT2D eigenvalue weighted by Crippen LogP contribution is 2.70. The Kier molecular flexibility index (Phi) is 5.34. The molecule has 4 aliphatic carbocycles. The first-order valence-corrected chi connectivity index (χ1v) is 12.4. The van der Waals surface area contributed by atoms with E-state index in [9.17, 15) is 24.4 Å². The fraction of sp³-hybridized carbons (Fsp3) is 0.727. The van der Waals surface area contributed by atoms with Gasteiger partial charge in [0.05, 0.1) is 6.10 Å². The zero-order chi connectivity index (χ0) is 23.9. The first kappa shape index (κ1) is 23.9. The van der Waals surface area contributed by atoms with Crippen molar-refractivity contribution in [1.82, 2.24) is 0 Å². The molecule has 1 unspecified atom stereocenters. The van der Waals surface area contributed by atoms with Crippen molar-refractivity contribution in [3.05, 3.63) is 23.8 Å². The van der Waals surface area contributed by atoms with Gasteiger partial charge in [-0.1, -0.05) is 25.5 Å². The lowest BCUT2D eigenvalue weighted by atomic mass is 9.44. The number of hydrogen-bond donors (Lipinski definition) is 4. The van der Waals surface area contributed by atoms with Crippen LogP contribution in [0.5, 0.6) is 0 Å². The monoisotopic (exact) mass is 472 g/mol.